The molecule has 9 heteroatoms. The van der Waals surface area contributed by atoms with Gasteiger partial charge in [-0.25, -0.2) is 8.42 Å². The lowest BCUT2D eigenvalue weighted by atomic mass is 10.1. The Balaban J connectivity index is 2.00. The molecular weight excluding hydrogens is 534 g/mol. The van der Waals surface area contributed by atoms with E-state index in [0.29, 0.717) is 11.4 Å². The molecule has 1 N–H and O–H groups in total. The molecule has 0 unspecified atom stereocenters. The molecule has 0 bridgehead atoms. The summed E-state index contributed by atoms with van der Waals surface area (Å²) in [6.07, 6.45) is 0.502. The quantitative estimate of drug-likeness (QED) is 0.363. The van der Waals surface area contributed by atoms with Gasteiger partial charge in [0.05, 0.1) is 10.6 Å². The van der Waals surface area contributed by atoms with Crippen molar-refractivity contribution in [2.24, 2.45) is 0 Å². The first-order chi connectivity index (χ1) is 18.3. The van der Waals surface area contributed by atoms with E-state index in [-0.39, 0.29) is 23.0 Å². The summed E-state index contributed by atoms with van der Waals surface area (Å²) in [7, 11) is -4.13. The van der Waals surface area contributed by atoms with E-state index in [1.807, 2.05) is 58.0 Å². The lowest BCUT2D eigenvalue weighted by molar-refractivity contribution is -0.139. The van der Waals surface area contributed by atoms with E-state index in [1.165, 1.54) is 23.1 Å². The number of halogens is 1. The number of carbonyl (C=O) groups excluding carboxylic acids is 2. The monoisotopic (exact) mass is 569 g/mol. The van der Waals surface area contributed by atoms with Crippen molar-refractivity contribution >= 4 is 39.1 Å². The largest absolute Gasteiger partial charge is 0.350 e. The minimum atomic E-state index is -4.13. The van der Waals surface area contributed by atoms with Gasteiger partial charge in [0.15, 0.2) is 0 Å². The molecule has 0 aromatic heterocycles. The molecule has 0 aliphatic carbocycles. The second kappa shape index (κ2) is 12.7. The first-order valence-corrected chi connectivity index (χ1v) is 14.6. The minimum Gasteiger partial charge on any atom is -0.350 e. The smallest absolute Gasteiger partial charge is 0.264 e. The van der Waals surface area contributed by atoms with Crippen LogP contribution in [0.2, 0.25) is 5.02 Å². The Morgan fingerprint density at radius 3 is 2.10 bits per heavy atom. The molecule has 0 saturated heterocycles. The summed E-state index contributed by atoms with van der Waals surface area (Å²) in [5.41, 5.74) is 1.54. The maximum atomic E-state index is 13.9. The molecule has 3 rings (SSSR count). The molecule has 0 heterocycles. The summed E-state index contributed by atoms with van der Waals surface area (Å²) in [4.78, 5) is 28.5. The summed E-state index contributed by atoms with van der Waals surface area (Å²) in [5.74, 6) is -0.821. The molecule has 7 nitrogen and oxygen atoms in total. The summed E-state index contributed by atoms with van der Waals surface area (Å²) >= 11 is 6.35. The molecule has 2 amide bonds. The van der Waals surface area contributed by atoms with Gasteiger partial charge in [0, 0.05) is 17.1 Å². The molecule has 3 aromatic carbocycles. The molecule has 208 valence electrons. The van der Waals surface area contributed by atoms with E-state index in [2.05, 4.69) is 5.32 Å². The number of carbonyl (C=O) groups is 2. The number of benzene rings is 3. The second-order valence-electron chi connectivity index (χ2n) is 10.5. The number of nitrogens with one attached hydrogen (secondary N) is 1. The molecule has 0 aliphatic heterocycles. The molecule has 0 saturated carbocycles. The maximum absolute atomic E-state index is 13.9. The van der Waals surface area contributed by atoms with Crippen LogP contribution >= 0.6 is 11.6 Å². The Labute approximate surface area is 236 Å². The first kappa shape index (κ1) is 30.2. The highest BCUT2D eigenvalue weighted by Crippen LogP contribution is 2.28. The molecular formula is C30H36ClN3O4S. The Bertz CT molecular complexity index is 1390. The van der Waals surface area contributed by atoms with Crippen molar-refractivity contribution in [3.8, 4) is 0 Å². The Morgan fingerprint density at radius 1 is 0.949 bits per heavy atom. The molecule has 0 radical (unpaired) electrons. The van der Waals surface area contributed by atoms with Crippen LogP contribution < -0.4 is 9.62 Å². The fourth-order valence-corrected chi connectivity index (χ4v) is 5.63. The van der Waals surface area contributed by atoms with Gasteiger partial charge in [0.1, 0.15) is 12.6 Å². The van der Waals surface area contributed by atoms with Crippen LogP contribution in [0.25, 0.3) is 0 Å². The number of rotatable bonds is 10. The van der Waals surface area contributed by atoms with Crippen LogP contribution in [0.1, 0.15) is 38.8 Å². The first-order valence-electron chi connectivity index (χ1n) is 12.8. The number of nitrogens with zero attached hydrogens (tertiary/aromatic N) is 2. The van der Waals surface area contributed by atoms with Crippen LogP contribution in [0.4, 0.5) is 5.69 Å². The lowest BCUT2D eigenvalue weighted by Gasteiger charge is -2.33. The van der Waals surface area contributed by atoms with Gasteiger partial charge in [0.2, 0.25) is 11.8 Å². The van der Waals surface area contributed by atoms with E-state index >= 15 is 0 Å². The zero-order valence-corrected chi connectivity index (χ0v) is 24.6. The SMILES string of the molecule is Cc1ccc(N(CC(=O)N(CCc2ccccc2)[C@@H](C)C(=O)NC(C)(C)C)S(=O)(=O)c2ccccc2)cc1Cl. The third-order valence-electron chi connectivity index (χ3n) is 6.20. The van der Waals surface area contributed by atoms with E-state index in [0.717, 1.165) is 15.4 Å². The number of anilines is 1. The highest BCUT2D eigenvalue weighted by Gasteiger charge is 2.33. The molecule has 1 atom stereocenters. The molecule has 39 heavy (non-hydrogen) atoms. The van der Waals surface area contributed by atoms with Crippen LogP contribution in [0, 0.1) is 6.92 Å². The van der Waals surface area contributed by atoms with Gasteiger partial charge in [-0.15, -0.1) is 0 Å². The predicted molar refractivity (Wildman–Crippen MR) is 156 cm³/mol. The molecule has 0 spiro atoms. The van der Waals surface area contributed by atoms with Crippen molar-refractivity contribution in [3.63, 3.8) is 0 Å². The van der Waals surface area contributed by atoms with Crippen molar-refractivity contribution in [3.05, 3.63) is 95.0 Å². The van der Waals surface area contributed by atoms with Crippen LogP contribution in [0.5, 0.6) is 0 Å². The zero-order valence-electron chi connectivity index (χ0n) is 23.0. The second-order valence-corrected chi connectivity index (χ2v) is 12.8. The molecule has 3 aromatic rings. The van der Waals surface area contributed by atoms with Crippen LogP contribution in [-0.4, -0.2) is 49.8 Å². The Morgan fingerprint density at radius 2 is 1.54 bits per heavy atom. The fourth-order valence-electron chi connectivity index (χ4n) is 4.03. The summed E-state index contributed by atoms with van der Waals surface area (Å²) in [5, 5.41) is 3.31. The average molecular weight is 570 g/mol. The fraction of sp³-hybridized carbons (Fsp3) is 0.333. The molecule has 0 aliphatic rings. The van der Waals surface area contributed by atoms with Crippen molar-refractivity contribution in [2.45, 2.75) is 57.5 Å². The van der Waals surface area contributed by atoms with Gasteiger partial charge in [-0.1, -0.05) is 66.2 Å². The number of hydrogen-bond donors (Lipinski definition) is 1. The van der Waals surface area contributed by atoms with Gasteiger partial charge in [0.25, 0.3) is 10.0 Å². The van der Waals surface area contributed by atoms with Crippen molar-refractivity contribution in [1.29, 1.82) is 0 Å². The van der Waals surface area contributed by atoms with E-state index in [9.17, 15) is 18.0 Å². The van der Waals surface area contributed by atoms with Gasteiger partial charge < -0.3 is 10.2 Å². The van der Waals surface area contributed by atoms with Gasteiger partial charge in [-0.2, -0.15) is 0 Å². The number of sulfonamides is 1. The van der Waals surface area contributed by atoms with Crippen LogP contribution in [-0.2, 0) is 26.0 Å². The third-order valence-corrected chi connectivity index (χ3v) is 8.40. The van der Waals surface area contributed by atoms with Crippen molar-refractivity contribution in [1.82, 2.24) is 10.2 Å². The maximum Gasteiger partial charge on any atom is 0.264 e. The number of aryl methyl sites for hydroxylation is 1. The average Bonchev–Trinajstić information content (AvgIpc) is 2.89. The highest BCUT2D eigenvalue weighted by atomic mass is 35.5. The third kappa shape index (κ3) is 8.07. The number of hydrogen-bond acceptors (Lipinski definition) is 4. The topological polar surface area (TPSA) is 86.8 Å². The predicted octanol–water partition coefficient (Wildman–Crippen LogP) is 5.22. The lowest BCUT2D eigenvalue weighted by Crippen LogP contribution is -2.55. The summed E-state index contributed by atoms with van der Waals surface area (Å²) in [6, 6.07) is 21.6. The summed E-state index contributed by atoms with van der Waals surface area (Å²) < 4.78 is 28.6. The Hall–Kier alpha value is -3.36. The summed E-state index contributed by atoms with van der Waals surface area (Å²) in [6.45, 7) is 8.79. The van der Waals surface area contributed by atoms with Crippen molar-refractivity contribution < 1.29 is 18.0 Å². The van der Waals surface area contributed by atoms with E-state index in [1.54, 1.807) is 37.3 Å². The Kier molecular flexibility index (Phi) is 9.80. The standard InChI is InChI=1S/C30H36ClN3O4S/c1-22-16-17-25(20-27(22)31)34(39(37,38)26-14-10-7-11-15-26)21-28(35)33(19-18-24-12-8-6-9-13-24)23(2)29(36)32-30(3,4)5/h6-17,20,23H,18-19,21H2,1-5H3,(H,32,36)/t23-/m0/s1. The minimum absolute atomic E-state index is 0.0452. The number of amides is 2. The van der Waals surface area contributed by atoms with Crippen LogP contribution in [0.3, 0.4) is 0 Å². The highest BCUT2D eigenvalue weighted by molar-refractivity contribution is 7.92. The van der Waals surface area contributed by atoms with Gasteiger partial charge in [-0.05, 0) is 76.4 Å². The van der Waals surface area contributed by atoms with E-state index in [4.69, 9.17) is 11.6 Å². The zero-order chi connectivity index (χ0) is 28.8. The molecule has 0 fully saturated rings. The van der Waals surface area contributed by atoms with Gasteiger partial charge >= 0.3 is 0 Å². The van der Waals surface area contributed by atoms with Gasteiger partial charge in [-0.3, -0.25) is 13.9 Å². The van der Waals surface area contributed by atoms with Crippen molar-refractivity contribution in [2.75, 3.05) is 17.4 Å². The normalized spacial score (nSPS) is 12.5. The van der Waals surface area contributed by atoms with E-state index < -0.39 is 34.1 Å². The van der Waals surface area contributed by atoms with Crippen LogP contribution in [0.15, 0.2) is 83.8 Å².